The molecule has 0 saturated heterocycles. The second kappa shape index (κ2) is 6.40. The first kappa shape index (κ1) is 15.0. The first-order valence-electron chi connectivity index (χ1n) is 7.51. The molecule has 1 aromatic carbocycles. The van der Waals surface area contributed by atoms with Crippen LogP contribution >= 0.6 is 0 Å². The van der Waals surface area contributed by atoms with Crippen LogP contribution in [0.5, 0.6) is 0 Å². The first-order chi connectivity index (χ1) is 9.54. The van der Waals surface area contributed by atoms with E-state index in [0.29, 0.717) is 12.3 Å². The molecule has 0 spiro atoms. The van der Waals surface area contributed by atoms with Crippen LogP contribution in [0.25, 0.3) is 0 Å². The van der Waals surface area contributed by atoms with E-state index < -0.39 is 5.54 Å². The summed E-state index contributed by atoms with van der Waals surface area (Å²) >= 11 is 0. The summed E-state index contributed by atoms with van der Waals surface area (Å²) in [6.07, 6.45) is 4.42. The molecule has 0 radical (unpaired) electrons. The number of benzene rings is 1. The van der Waals surface area contributed by atoms with Gasteiger partial charge in [-0.1, -0.05) is 44.0 Å². The molecule has 2 unspecified atom stereocenters. The number of aliphatic hydroxyl groups is 1. The summed E-state index contributed by atoms with van der Waals surface area (Å²) < 4.78 is 0. The summed E-state index contributed by atoms with van der Waals surface area (Å²) in [5.41, 5.74) is 1.79. The second-order valence-corrected chi connectivity index (χ2v) is 6.29. The number of carbonyl (C=O) groups excluding carboxylic acids is 1. The van der Waals surface area contributed by atoms with Crippen LogP contribution in [0.2, 0.25) is 0 Å². The van der Waals surface area contributed by atoms with Gasteiger partial charge >= 0.3 is 0 Å². The normalized spacial score (nSPS) is 26.2. The number of aliphatic hydroxyl groups excluding tert-OH is 1. The highest BCUT2D eigenvalue weighted by Gasteiger charge is 2.35. The molecule has 1 amide bonds. The summed E-state index contributed by atoms with van der Waals surface area (Å²) in [6.45, 7) is 4.25. The van der Waals surface area contributed by atoms with Gasteiger partial charge in [0.1, 0.15) is 0 Å². The van der Waals surface area contributed by atoms with Gasteiger partial charge in [-0.25, -0.2) is 0 Å². The predicted molar refractivity (Wildman–Crippen MR) is 80.5 cm³/mol. The molecule has 110 valence electrons. The van der Waals surface area contributed by atoms with Crippen molar-refractivity contribution in [3.63, 3.8) is 0 Å². The minimum Gasteiger partial charge on any atom is -0.394 e. The third-order valence-electron chi connectivity index (χ3n) is 4.41. The Morgan fingerprint density at radius 2 is 2.20 bits per heavy atom. The Morgan fingerprint density at radius 3 is 2.85 bits per heavy atom. The van der Waals surface area contributed by atoms with Gasteiger partial charge in [0.2, 0.25) is 5.91 Å². The van der Waals surface area contributed by atoms with E-state index in [1.165, 1.54) is 6.42 Å². The summed E-state index contributed by atoms with van der Waals surface area (Å²) in [4.78, 5) is 12.3. The lowest BCUT2D eigenvalue weighted by Gasteiger charge is -2.39. The Kier molecular flexibility index (Phi) is 4.81. The smallest absolute Gasteiger partial charge is 0.224 e. The summed E-state index contributed by atoms with van der Waals surface area (Å²) in [6, 6.07) is 7.95. The predicted octanol–water partition coefficient (Wildman–Crippen LogP) is 2.59. The fourth-order valence-corrected chi connectivity index (χ4v) is 3.28. The third kappa shape index (κ3) is 3.60. The summed E-state index contributed by atoms with van der Waals surface area (Å²) in [7, 11) is 0. The highest BCUT2D eigenvalue weighted by Crippen LogP contribution is 2.32. The molecule has 1 aliphatic carbocycles. The average Bonchev–Trinajstić information content (AvgIpc) is 2.41. The van der Waals surface area contributed by atoms with E-state index in [2.05, 4.69) is 12.2 Å². The molecule has 2 N–H and O–H groups in total. The van der Waals surface area contributed by atoms with Gasteiger partial charge in [0.15, 0.2) is 0 Å². The van der Waals surface area contributed by atoms with Crippen molar-refractivity contribution in [2.75, 3.05) is 6.61 Å². The topological polar surface area (TPSA) is 49.3 Å². The minimum atomic E-state index is -0.405. The molecule has 1 saturated carbocycles. The highest BCUT2D eigenvalue weighted by molar-refractivity contribution is 5.79. The van der Waals surface area contributed by atoms with E-state index in [-0.39, 0.29) is 12.5 Å². The standard InChI is InChI=1S/C17H25NO2/c1-13-6-5-9-17(11-13,12-19)18-16(20)10-15-8-4-3-7-14(15)2/h3-4,7-8,13,19H,5-6,9-12H2,1-2H3,(H,18,20). The van der Waals surface area contributed by atoms with Gasteiger partial charge in [-0.3, -0.25) is 4.79 Å². The molecule has 0 heterocycles. The molecular weight excluding hydrogens is 250 g/mol. The molecule has 2 rings (SSSR count). The summed E-state index contributed by atoms with van der Waals surface area (Å²) in [5.74, 6) is 0.581. The monoisotopic (exact) mass is 275 g/mol. The Labute approximate surface area is 121 Å². The van der Waals surface area contributed by atoms with Gasteiger partial charge in [-0.2, -0.15) is 0 Å². The maximum Gasteiger partial charge on any atom is 0.224 e. The first-order valence-corrected chi connectivity index (χ1v) is 7.51. The van der Waals surface area contributed by atoms with Crippen molar-refractivity contribution in [1.29, 1.82) is 0 Å². The molecule has 2 atom stereocenters. The van der Waals surface area contributed by atoms with Crippen LogP contribution in [0, 0.1) is 12.8 Å². The van der Waals surface area contributed by atoms with Crippen molar-refractivity contribution in [2.24, 2.45) is 5.92 Å². The van der Waals surface area contributed by atoms with Crippen LogP contribution < -0.4 is 5.32 Å². The molecule has 3 heteroatoms. The zero-order chi connectivity index (χ0) is 14.6. The van der Waals surface area contributed by atoms with Gasteiger partial charge in [0, 0.05) is 0 Å². The van der Waals surface area contributed by atoms with Gasteiger partial charge in [0.05, 0.1) is 18.6 Å². The quantitative estimate of drug-likeness (QED) is 0.887. The number of amides is 1. The number of rotatable bonds is 4. The van der Waals surface area contributed by atoms with Crippen molar-refractivity contribution in [1.82, 2.24) is 5.32 Å². The van der Waals surface area contributed by atoms with E-state index in [9.17, 15) is 9.90 Å². The molecule has 1 aliphatic rings. The molecular formula is C17H25NO2. The molecule has 1 aromatic rings. The van der Waals surface area contributed by atoms with E-state index in [1.54, 1.807) is 0 Å². The van der Waals surface area contributed by atoms with Crippen molar-refractivity contribution < 1.29 is 9.90 Å². The van der Waals surface area contributed by atoms with E-state index in [4.69, 9.17) is 0 Å². The fourth-order valence-electron chi connectivity index (χ4n) is 3.28. The van der Waals surface area contributed by atoms with Crippen molar-refractivity contribution >= 4 is 5.91 Å². The van der Waals surface area contributed by atoms with Crippen molar-refractivity contribution in [2.45, 2.75) is 51.5 Å². The van der Waals surface area contributed by atoms with Crippen LogP contribution in [-0.2, 0) is 11.2 Å². The van der Waals surface area contributed by atoms with Crippen LogP contribution in [-0.4, -0.2) is 23.2 Å². The Bertz CT molecular complexity index is 472. The minimum absolute atomic E-state index is 0.0162. The van der Waals surface area contributed by atoms with Crippen LogP contribution in [0.3, 0.4) is 0 Å². The molecule has 0 aliphatic heterocycles. The lowest BCUT2D eigenvalue weighted by molar-refractivity contribution is -0.123. The van der Waals surface area contributed by atoms with E-state index >= 15 is 0 Å². The molecule has 0 bridgehead atoms. The molecule has 3 nitrogen and oxygen atoms in total. The largest absolute Gasteiger partial charge is 0.394 e. The zero-order valence-corrected chi connectivity index (χ0v) is 12.5. The van der Waals surface area contributed by atoms with Crippen LogP contribution in [0.4, 0.5) is 0 Å². The lowest BCUT2D eigenvalue weighted by atomic mass is 9.76. The van der Waals surface area contributed by atoms with Crippen LogP contribution in [0.1, 0.15) is 43.7 Å². The number of hydrogen-bond acceptors (Lipinski definition) is 2. The number of carbonyl (C=O) groups is 1. The Hall–Kier alpha value is -1.35. The number of nitrogens with one attached hydrogen (secondary N) is 1. The van der Waals surface area contributed by atoms with Gasteiger partial charge in [-0.05, 0) is 36.8 Å². The molecule has 20 heavy (non-hydrogen) atoms. The third-order valence-corrected chi connectivity index (χ3v) is 4.41. The molecule has 0 aromatic heterocycles. The van der Waals surface area contributed by atoms with E-state index in [0.717, 1.165) is 30.4 Å². The van der Waals surface area contributed by atoms with Gasteiger partial charge in [-0.15, -0.1) is 0 Å². The van der Waals surface area contributed by atoms with Crippen molar-refractivity contribution in [3.8, 4) is 0 Å². The van der Waals surface area contributed by atoms with Crippen LogP contribution in [0.15, 0.2) is 24.3 Å². The fraction of sp³-hybridized carbons (Fsp3) is 0.588. The average molecular weight is 275 g/mol. The maximum absolute atomic E-state index is 12.3. The zero-order valence-electron chi connectivity index (χ0n) is 12.5. The maximum atomic E-state index is 12.3. The number of aryl methyl sites for hydroxylation is 1. The Morgan fingerprint density at radius 1 is 1.45 bits per heavy atom. The van der Waals surface area contributed by atoms with E-state index in [1.807, 2.05) is 31.2 Å². The summed E-state index contributed by atoms with van der Waals surface area (Å²) in [5, 5.41) is 12.8. The lowest BCUT2D eigenvalue weighted by Crippen LogP contribution is -2.54. The number of hydrogen-bond donors (Lipinski definition) is 2. The van der Waals surface area contributed by atoms with Gasteiger partial charge < -0.3 is 10.4 Å². The Balaban J connectivity index is 2.01. The second-order valence-electron chi connectivity index (χ2n) is 6.29. The highest BCUT2D eigenvalue weighted by atomic mass is 16.3. The van der Waals surface area contributed by atoms with Gasteiger partial charge in [0.25, 0.3) is 0 Å². The molecule has 1 fully saturated rings. The SMILES string of the molecule is Cc1ccccc1CC(=O)NC1(CO)CCCC(C)C1. The van der Waals surface area contributed by atoms with Crippen molar-refractivity contribution in [3.05, 3.63) is 35.4 Å².